The number of benzene rings is 2. The van der Waals surface area contributed by atoms with E-state index in [9.17, 15) is 4.39 Å². The first-order chi connectivity index (χ1) is 12.4. The van der Waals surface area contributed by atoms with Crippen molar-refractivity contribution in [2.45, 2.75) is 6.54 Å². The highest BCUT2D eigenvalue weighted by Crippen LogP contribution is 2.37. The molecule has 0 aliphatic carbocycles. The Balaban J connectivity index is 0.00000261. The highest BCUT2D eigenvalue weighted by molar-refractivity contribution is 7.80. The molecule has 4 N–H and O–H groups in total. The first kappa shape index (κ1) is 21.5. The lowest BCUT2D eigenvalue weighted by Gasteiger charge is -2.24. The zero-order chi connectivity index (χ0) is 18.7. The summed E-state index contributed by atoms with van der Waals surface area (Å²) in [5.41, 5.74) is 7.80. The van der Waals surface area contributed by atoms with E-state index in [-0.39, 0.29) is 23.3 Å². The third kappa shape index (κ3) is 5.35. The molecule has 0 bridgehead atoms. The Morgan fingerprint density at radius 3 is 2.22 bits per heavy atom. The SMILES string of the molecule is Cl.NC(=S)N(Cc1ccc(F)cc1)c1cc(Cl)c(N=C2NCCN2)c(Cl)c1. The molecule has 0 saturated carbocycles. The number of thiocarbonyl (C=S) groups is 1. The number of nitrogens with one attached hydrogen (secondary N) is 2. The van der Waals surface area contributed by atoms with Gasteiger partial charge in [-0.25, -0.2) is 9.38 Å². The van der Waals surface area contributed by atoms with Crippen LogP contribution in [-0.4, -0.2) is 24.2 Å². The molecule has 5 nitrogen and oxygen atoms in total. The minimum absolute atomic E-state index is 0. The number of anilines is 1. The smallest absolute Gasteiger partial charge is 0.196 e. The summed E-state index contributed by atoms with van der Waals surface area (Å²) in [7, 11) is 0. The molecule has 1 aliphatic rings. The molecule has 0 unspecified atom stereocenters. The van der Waals surface area contributed by atoms with E-state index in [1.807, 2.05) is 0 Å². The van der Waals surface area contributed by atoms with E-state index in [0.29, 0.717) is 33.9 Å². The van der Waals surface area contributed by atoms with Crippen molar-refractivity contribution in [2.75, 3.05) is 18.0 Å². The number of hydrogen-bond acceptors (Lipinski definition) is 2. The van der Waals surface area contributed by atoms with Gasteiger partial charge in [-0.15, -0.1) is 12.4 Å². The second-order valence-corrected chi connectivity index (χ2v) is 6.86. The van der Waals surface area contributed by atoms with Crippen molar-refractivity contribution in [3.63, 3.8) is 0 Å². The molecule has 1 heterocycles. The predicted octanol–water partition coefficient (Wildman–Crippen LogP) is 3.98. The Kier molecular flexibility index (Phi) is 7.49. The fourth-order valence-electron chi connectivity index (χ4n) is 2.50. The Morgan fingerprint density at radius 1 is 1.15 bits per heavy atom. The Hall–Kier alpha value is -1.80. The average Bonchev–Trinajstić information content (AvgIpc) is 3.10. The number of hydrogen-bond donors (Lipinski definition) is 3. The van der Waals surface area contributed by atoms with Gasteiger partial charge in [-0.05, 0) is 42.0 Å². The van der Waals surface area contributed by atoms with Crippen molar-refractivity contribution in [2.24, 2.45) is 10.7 Å². The summed E-state index contributed by atoms with van der Waals surface area (Å²) in [4.78, 5) is 6.07. The third-order valence-corrected chi connectivity index (χ3v) is 4.56. The average molecular weight is 449 g/mol. The highest BCUT2D eigenvalue weighted by Gasteiger charge is 2.16. The van der Waals surface area contributed by atoms with E-state index in [2.05, 4.69) is 15.6 Å². The summed E-state index contributed by atoms with van der Waals surface area (Å²) < 4.78 is 13.1. The maximum absolute atomic E-state index is 13.1. The number of halogens is 4. The molecule has 0 aromatic heterocycles. The van der Waals surface area contributed by atoms with Gasteiger partial charge in [0.1, 0.15) is 11.5 Å². The zero-order valence-corrected chi connectivity index (χ0v) is 17.2. The van der Waals surface area contributed by atoms with Gasteiger partial charge in [0.15, 0.2) is 11.1 Å². The fraction of sp³-hybridized carbons (Fsp3) is 0.176. The largest absolute Gasteiger partial charge is 0.376 e. The molecule has 3 rings (SSSR count). The summed E-state index contributed by atoms with van der Waals surface area (Å²) >= 11 is 17.9. The van der Waals surface area contributed by atoms with E-state index in [4.69, 9.17) is 41.2 Å². The second kappa shape index (κ2) is 9.41. The number of rotatable bonds is 4. The van der Waals surface area contributed by atoms with Gasteiger partial charge in [0.05, 0.1) is 16.6 Å². The minimum Gasteiger partial charge on any atom is -0.376 e. The molecule has 0 amide bonds. The van der Waals surface area contributed by atoms with Crippen LogP contribution in [-0.2, 0) is 6.54 Å². The van der Waals surface area contributed by atoms with Crippen molar-refractivity contribution in [1.82, 2.24) is 10.6 Å². The molecule has 0 spiro atoms. The molecule has 0 atom stereocenters. The number of nitrogens with two attached hydrogens (primary N) is 1. The summed E-state index contributed by atoms with van der Waals surface area (Å²) in [6.45, 7) is 1.94. The lowest BCUT2D eigenvalue weighted by atomic mass is 10.2. The minimum atomic E-state index is -0.306. The normalized spacial score (nSPS) is 12.6. The molecular formula is C17H17Cl3FN5S. The lowest BCUT2D eigenvalue weighted by molar-refractivity contribution is 0.627. The molecule has 10 heteroatoms. The van der Waals surface area contributed by atoms with Crippen molar-refractivity contribution >= 4 is 70.3 Å². The summed E-state index contributed by atoms with van der Waals surface area (Å²) in [6.07, 6.45) is 0. The molecule has 144 valence electrons. The molecule has 1 saturated heterocycles. The zero-order valence-electron chi connectivity index (χ0n) is 14.0. The van der Waals surface area contributed by atoms with Gasteiger partial charge in [0, 0.05) is 18.8 Å². The van der Waals surface area contributed by atoms with Gasteiger partial charge in [-0.3, -0.25) is 0 Å². The van der Waals surface area contributed by atoms with Gasteiger partial charge >= 0.3 is 0 Å². The van der Waals surface area contributed by atoms with Crippen LogP contribution in [0.3, 0.4) is 0 Å². The third-order valence-electron chi connectivity index (χ3n) is 3.77. The monoisotopic (exact) mass is 447 g/mol. The Bertz CT molecular complexity index is 829. The van der Waals surface area contributed by atoms with Gasteiger partial charge in [-0.2, -0.15) is 0 Å². The highest BCUT2D eigenvalue weighted by atomic mass is 35.5. The van der Waals surface area contributed by atoms with Gasteiger partial charge in [0.25, 0.3) is 0 Å². The Morgan fingerprint density at radius 2 is 1.70 bits per heavy atom. The van der Waals surface area contributed by atoms with E-state index in [0.717, 1.165) is 18.7 Å². The first-order valence-electron chi connectivity index (χ1n) is 7.81. The molecule has 1 aliphatic heterocycles. The van der Waals surface area contributed by atoms with Crippen LogP contribution in [0.15, 0.2) is 41.4 Å². The molecular weight excluding hydrogens is 432 g/mol. The second-order valence-electron chi connectivity index (χ2n) is 5.62. The first-order valence-corrected chi connectivity index (χ1v) is 8.97. The van der Waals surface area contributed by atoms with E-state index < -0.39 is 0 Å². The van der Waals surface area contributed by atoms with Crippen LogP contribution in [0.4, 0.5) is 15.8 Å². The maximum Gasteiger partial charge on any atom is 0.196 e. The van der Waals surface area contributed by atoms with Crippen LogP contribution >= 0.6 is 47.8 Å². The number of guanidine groups is 1. The van der Waals surface area contributed by atoms with Crippen LogP contribution in [0.25, 0.3) is 0 Å². The molecule has 2 aromatic rings. The molecule has 2 aromatic carbocycles. The summed E-state index contributed by atoms with van der Waals surface area (Å²) in [5, 5.41) is 7.08. The number of nitrogens with zero attached hydrogens (tertiary/aromatic N) is 2. The molecule has 1 fully saturated rings. The van der Waals surface area contributed by atoms with Crippen LogP contribution < -0.4 is 21.3 Å². The van der Waals surface area contributed by atoms with Crippen LogP contribution in [0, 0.1) is 5.82 Å². The predicted molar refractivity (Wildman–Crippen MR) is 116 cm³/mol. The van der Waals surface area contributed by atoms with E-state index in [1.165, 1.54) is 12.1 Å². The summed E-state index contributed by atoms with van der Waals surface area (Å²) in [5.74, 6) is 0.318. The molecule has 27 heavy (non-hydrogen) atoms. The maximum atomic E-state index is 13.1. The molecule has 0 radical (unpaired) electrons. The number of aliphatic imine (C=N–C) groups is 1. The van der Waals surface area contributed by atoms with Crippen molar-refractivity contribution in [1.29, 1.82) is 0 Å². The fourth-order valence-corrected chi connectivity index (χ4v) is 3.23. The van der Waals surface area contributed by atoms with E-state index in [1.54, 1.807) is 29.2 Å². The van der Waals surface area contributed by atoms with E-state index >= 15 is 0 Å². The topological polar surface area (TPSA) is 65.7 Å². The standard InChI is InChI=1S/C17H16Cl2FN5S.ClH/c18-13-7-12(8-14(19)15(13)24-17-22-5-6-23-17)25(16(21)26)9-10-1-3-11(20)4-2-10;/h1-4,7-8H,5-6,9H2,(H2,21,26)(H2,22,23,24);1H. The van der Waals surface area contributed by atoms with Crippen LogP contribution in [0.5, 0.6) is 0 Å². The summed E-state index contributed by atoms with van der Waals surface area (Å²) in [6, 6.07) is 9.50. The van der Waals surface area contributed by atoms with Gasteiger partial charge in [-0.1, -0.05) is 35.3 Å². The van der Waals surface area contributed by atoms with Crippen molar-refractivity contribution in [3.8, 4) is 0 Å². The van der Waals surface area contributed by atoms with Crippen molar-refractivity contribution in [3.05, 3.63) is 57.8 Å². The van der Waals surface area contributed by atoms with Gasteiger partial charge < -0.3 is 21.3 Å². The quantitative estimate of drug-likeness (QED) is 0.617. The van der Waals surface area contributed by atoms with Crippen molar-refractivity contribution < 1.29 is 4.39 Å². The van der Waals surface area contributed by atoms with Crippen LogP contribution in [0.2, 0.25) is 10.0 Å². The van der Waals surface area contributed by atoms with Gasteiger partial charge in [0.2, 0.25) is 0 Å². The Labute approximate surface area is 178 Å². The lowest BCUT2D eigenvalue weighted by Crippen LogP contribution is -2.35. The van der Waals surface area contributed by atoms with Crippen LogP contribution in [0.1, 0.15) is 5.56 Å².